The first-order valence-electron chi connectivity index (χ1n) is 13.4. The molecule has 2 N–H and O–H groups in total. The number of H-pyrrole nitrogens is 2. The van der Waals surface area contributed by atoms with Crippen LogP contribution in [-0.2, 0) is 6.42 Å². The fourth-order valence-corrected chi connectivity index (χ4v) is 7.00. The maximum absolute atomic E-state index is 4.99. The summed E-state index contributed by atoms with van der Waals surface area (Å²) >= 11 is 0. The zero-order chi connectivity index (χ0) is 25.7. The molecule has 1 aliphatic heterocycles. The molecule has 4 heteroatoms. The second-order valence-electron chi connectivity index (χ2n) is 10.8. The Morgan fingerprint density at radius 3 is 2.32 bits per heavy atom. The molecule has 0 saturated carbocycles. The molecule has 4 nitrogen and oxygen atoms in total. The average Bonchev–Trinajstić information content (AvgIpc) is 3.54. The molecule has 38 heavy (non-hydrogen) atoms. The first kappa shape index (κ1) is 21.6. The first-order valence-corrected chi connectivity index (χ1v) is 13.4. The summed E-state index contributed by atoms with van der Waals surface area (Å²) in [6.45, 7) is 9.84. The van der Waals surface area contributed by atoms with Crippen LogP contribution in [0, 0.1) is 27.7 Å². The Kier molecular flexibility index (Phi) is 4.29. The van der Waals surface area contributed by atoms with E-state index in [0.29, 0.717) is 0 Å². The average molecular weight is 493 g/mol. The normalized spacial score (nSPS) is 13.5. The van der Waals surface area contributed by atoms with Crippen molar-refractivity contribution < 1.29 is 0 Å². The third kappa shape index (κ3) is 2.70. The van der Waals surface area contributed by atoms with Gasteiger partial charge >= 0.3 is 0 Å². The smallest absolute Gasteiger partial charge is 0.0783 e. The Labute approximate surface area is 220 Å². The molecule has 1 aliphatic rings. The summed E-state index contributed by atoms with van der Waals surface area (Å²) in [5.41, 5.74) is 14.9. The van der Waals surface area contributed by atoms with E-state index in [1.54, 1.807) is 0 Å². The molecule has 7 aromatic rings. The molecule has 0 spiro atoms. The van der Waals surface area contributed by atoms with Crippen LogP contribution in [0.5, 0.6) is 0 Å². The monoisotopic (exact) mass is 492 g/mol. The number of para-hydroxylation sites is 1. The van der Waals surface area contributed by atoms with Gasteiger partial charge in [-0.25, -0.2) is 0 Å². The molecule has 4 aromatic carbocycles. The van der Waals surface area contributed by atoms with Gasteiger partial charge in [0.1, 0.15) is 0 Å². The Bertz CT molecular complexity index is 2170. The number of pyridine rings is 1. The highest BCUT2D eigenvalue weighted by atomic mass is 14.7. The zero-order valence-electron chi connectivity index (χ0n) is 22.1. The Balaban J connectivity index is 1.46. The molecule has 0 unspecified atom stereocenters. The van der Waals surface area contributed by atoms with Gasteiger partial charge in [-0.15, -0.1) is 0 Å². The molecule has 0 radical (unpaired) electrons. The number of hydrogen-bond acceptors (Lipinski definition) is 2. The van der Waals surface area contributed by atoms with Crippen LogP contribution < -0.4 is 0 Å². The second kappa shape index (κ2) is 7.55. The van der Waals surface area contributed by atoms with E-state index in [1.165, 1.54) is 87.8 Å². The molecule has 0 fully saturated rings. The Morgan fingerprint density at radius 1 is 0.684 bits per heavy atom. The number of hydrogen-bond donors (Lipinski definition) is 2. The number of aromatic nitrogens is 3. The van der Waals surface area contributed by atoms with Gasteiger partial charge in [0, 0.05) is 62.5 Å². The highest BCUT2D eigenvalue weighted by Gasteiger charge is 2.21. The van der Waals surface area contributed by atoms with Crippen LogP contribution in [0.4, 0.5) is 0 Å². The van der Waals surface area contributed by atoms with Gasteiger partial charge in [0.2, 0.25) is 0 Å². The van der Waals surface area contributed by atoms with Crippen LogP contribution in [0.2, 0.25) is 0 Å². The molecule has 8 rings (SSSR count). The highest BCUT2D eigenvalue weighted by molar-refractivity contribution is 6.19. The minimum atomic E-state index is 0.873. The van der Waals surface area contributed by atoms with Crippen molar-refractivity contribution in [2.24, 2.45) is 4.99 Å². The number of fused-ring (bicyclic) bond motifs is 8. The molecule has 0 atom stereocenters. The standard InChI is InChI=1S/C34H28N4/c1-17-26-16-35-13-11-22(26)18(2)32-29(17)25-15-21(9-10-28(25)38-32)34-30-20(4)31-24-7-5-6-8-27(24)37-33(31)19(3)23(30)12-14-36-34/h5-10,12,14-16,37-38H,11,13H2,1-4H3. The fourth-order valence-electron chi connectivity index (χ4n) is 7.00. The van der Waals surface area contributed by atoms with Gasteiger partial charge in [-0.05, 0) is 97.1 Å². The number of aromatic amines is 2. The predicted molar refractivity (Wildman–Crippen MR) is 161 cm³/mol. The van der Waals surface area contributed by atoms with Gasteiger partial charge in [0.05, 0.1) is 16.7 Å². The molecule has 4 heterocycles. The second-order valence-corrected chi connectivity index (χ2v) is 10.8. The van der Waals surface area contributed by atoms with Crippen molar-refractivity contribution in [2.75, 3.05) is 6.54 Å². The summed E-state index contributed by atoms with van der Waals surface area (Å²) in [5.74, 6) is 0. The minimum Gasteiger partial charge on any atom is -0.354 e. The van der Waals surface area contributed by atoms with Gasteiger partial charge in [-0.1, -0.05) is 24.3 Å². The largest absolute Gasteiger partial charge is 0.354 e. The van der Waals surface area contributed by atoms with E-state index in [1.807, 2.05) is 6.20 Å². The van der Waals surface area contributed by atoms with Crippen LogP contribution in [0.25, 0.3) is 65.6 Å². The van der Waals surface area contributed by atoms with Gasteiger partial charge < -0.3 is 9.97 Å². The van der Waals surface area contributed by atoms with Crippen LogP contribution in [0.15, 0.2) is 59.7 Å². The fraction of sp³-hybridized carbons (Fsp3) is 0.176. The number of nitrogens with zero attached hydrogens (tertiary/aromatic N) is 2. The van der Waals surface area contributed by atoms with Crippen molar-refractivity contribution in [3.05, 3.63) is 88.1 Å². The van der Waals surface area contributed by atoms with E-state index in [2.05, 4.69) is 97.4 Å². The van der Waals surface area contributed by atoms with Crippen LogP contribution in [0.1, 0.15) is 33.4 Å². The summed E-state index contributed by atoms with van der Waals surface area (Å²) in [5, 5.41) is 7.61. The lowest BCUT2D eigenvalue weighted by Gasteiger charge is -2.17. The lowest BCUT2D eigenvalue weighted by atomic mass is 9.89. The van der Waals surface area contributed by atoms with Gasteiger partial charge in [-0.2, -0.15) is 0 Å². The third-order valence-corrected chi connectivity index (χ3v) is 8.90. The van der Waals surface area contributed by atoms with Gasteiger partial charge in [-0.3, -0.25) is 9.98 Å². The lowest BCUT2D eigenvalue weighted by Crippen LogP contribution is -2.08. The maximum atomic E-state index is 4.99. The SMILES string of the molecule is Cc1c2c(c(C)c3c1[nH]c1ccc(-c4nccc5c(C)c6[nH]c7ccccc7c6c(C)c45)cc13)C=NCC2. The summed E-state index contributed by atoms with van der Waals surface area (Å²) < 4.78 is 0. The number of benzene rings is 4. The van der Waals surface area contributed by atoms with E-state index in [4.69, 9.17) is 4.98 Å². The Hall–Kier alpha value is -4.44. The van der Waals surface area contributed by atoms with Gasteiger partial charge in [0.25, 0.3) is 0 Å². The van der Waals surface area contributed by atoms with E-state index in [9.17, 15) is 0 Å². The number of rotatable bonds is 1. The molecule has 0 aliphatic carbocycles. The van der Waals surface area contributed by atoms with Crippen molar-refractivity contribution in [1.29, 1.82) is 0 Å². The van der Waals surface area contributed by atoms with E-state index < -0.39 is 0 Å². The van der Waals surface area contributed by atoms with Crippen LogP contribution in [0.3, 0.4) is 0 Å². The molecular formula is C34H28N4. The first-order chi connectivity index (χ1) is 18.5. The molecule has 0 bridgehead atoms. The van der Waals surface area contributed by atoms with Crippen molar-refractivity contribution >= 4 is 60.6 Å². The maximum Gasteiger partial charge on any atom is 0.0783 e. The minimum absolute atomic E-state index is 0.873. The quantitative estimate of drug-likeness (QED) is 0.238. The van der Waals surface area contributed by atoms with E-state index in [-0.39, 0.29) is 0 Å². The lowest BCUT2D eigenvalue weighted by molar-refractivity contribution is 0.941. The topological polar surface area (TPSA) is 56.8 Å². The molecule has 0 saturated heterocycles. The summed E-state index contributed by atoms with van der Waals surface area (Å²) in [6.07, 6.45) is 5.05. The number of nitrogens with one attached hydrogen (secondary N) is 2. The van der Waals surface area contributed by atoms with E-state index >= 15 is 0 Å². The molecule has 0 amide bonds. The van der Waals surface area contributed by atoms with Gasteiger partial charge in [0.15, 0.2) is 0 Å². The van der Waals surface area contributed by atoms with Crippen molar-refractivity contribution in [1.82, 2.24) is 15.0 Å². The van der Waals surface area contributed by atoms with Crippen LogP contribution >= 0.6 is 0 Å². The van der Waals surface area contributed by atoms with Crippen molar-refractivity contribution in [2.45, 2.75) is 34.1 Å². The number of aryl methyl sites for hydroxylation is 4. The number of aliphatic imine (C=N–C) groups is 1. The summed E-state index contributed by atoms with van der Waals surface area (Å²) in [4.78, 5) is 17.0. The molecular weight excluding hydrogens is 464 g/mol. The van der Waals surface area contributed by atoms with E-state index in [0.717, 1.165) is 24.2 Å². The predicted octanol–water partition coefficient (Wildman–Crippen LogP) is 8.38. The van der Waals surface area contributed by atoms with Crippen molar-refractivity contribution in [3.8, 4) is 11.3 Å². The highest BCUT2D eigenvalue weighted by Crippen LogP contribution is 2.42. The van der Waals surface area contributed by atoms with Crippen molar-refractivity contribution in [3.63, 3.8) is 0 Å². The van der Waals surface area contributed by atoms with Crippen LogP contribution in [-0.4, -0.2) is 27.7 Å². The molecule has 3 aromatic heterocycles. The zero-order valence-corrected chi connectivity index (χ0v) is 22.1. The Morgan fingerprint density at radius 2 is 1.45 bits per heavy atom. The summed E-state index contributed by atoms with van der Waals surface area (Å²) in [7, 11) is 0. The molecule has 184 valence electrons. The third-order valence-electron chi connectivity index (χ3n) is 8.90. The summed E-state index contributed by atoms with van der Waals surface area (Å²) in [6, 6.07) is 17.5.